The third-order valence-corrected chi connectivity index (χ3v) is 4.08. The smallest absolute Gasteiger partial charge is 0.179 e. The highest BCUT2D eigenvalue weighted by Crippen LogP contribution is 2.34. The van der Waals surface area contributed by atoms with Crippen LogP contribution in [-0.4, -0.2) is 27.7 Å². The summed E-state index contributed by atoms with van der Waals surface area (Å²) in [7, 11) is 1.76. The van der Waals surface area contributed by atoms with E-state index < -0.39 is 0 Å². The van der Waals surface area contributed by atoms with Gasteiger partial charge in [0.05, 0.1) is 16.6 Å². The van der Waals surface area contributed by atoms with Crippen LogP contribution in [0.25, 0.3) is 11.2 Å². The summed E-state index contributed by atoms with van der Waals surface area (Å²) in [5.74, 6) is 0. The fourth-order valence-electron chi connectivity index (χ4n) is 2.69. The summed E-state index contributed by atoms with van der Waals surface area (Å²) < 4.78 is 8.22. The van der Waals surface area contributed by atoms with Crippen LogP contribution < -0.4 is 0 Å². The minimum Gasteiger partial charge on any atom is -0.381 e. The summed E-state index contributed by atoms with van der Waals surface area (Å²) in [5, 5.41) is 0.618. The number of imidazole rings is 1. The zero-order chi connectivity index (χ0) is 12.7. The number of aromatic nitrogens is 3. The molecule has 6 heteroatoms. The number of ether oxygens (including phenoxy) is 1. The van der Waals surface area contributed by atoms with E-state index in [1.807, 2.05) is 6.07 Å². The number of rotatable bonds is 2. The fraction of sp³-hybridized carbons (Fsp3) is 0.500. The van der Waals surface area contributed by atoms with Crippen molar-refractivity contribution in [3.8, 4) is 0 Å². The number of pyridine rings is 1. The van der Waals surface area contributed by atoms with Gasteiger partial charge in [-0.3, -0.25) is 4.57 Å². The van der Waals surface area contributed by atoms with E-state index >= 15 is 0 Å². The number of halogens is 1. The zero-order valence-electron chi connectivity index (χ0n) is 10.0. The van der Waals surface area contributed by atoms with Gasteiger partial charge in [-0.05, 0) is 37.5 Å². The second-order valence-electron chi connectivity index (χ2n) is 4.65. The van der Waals surface area contributed by atoms with E-state index in [0.29, 0.717) is 21.9 Å². The van der Waals surface area contributed by atoms with E-state index in [-0.39, 0.29) is 0 Å². The Hall–Kier alpha value is -0.910. The third-order valence-electron chi connectivity index (χ3n) is 3.58. The van der Waals surface area contributed by atoms with Crippen molar-refractivity contribution in [3.05, 3.63) is 22.1 Å². The van der Waals surface area contributed by atoms with Gasteiger partial charge in [0.2, 0.25) is 0 Å². The van der Waals surface area contributed by atoms with Crippen molar-refractivity contribution in [1.82, 2.24) is 14.5 Å². The van der Waals surface area contributed by atoms with E-state index in [1.54, 1.807) is 13.3 Å². The molecule has 1 saturated carbocycles. The first-order chi connectivity index (χ1) is 8.69. The van der Waals surface area contributed by atoms with Gasteiger partial charge in [0.25, 0.3) is 0 Å². The minimum atomic E-state index is 0.328. The molecule has 2 unspecified atom stereocenters. The SMILES string of the molecule is COC1CCC(n2c(=S)[nH]c3cc(Cl)cnc32)C1. The van der Waals surface area contributed by atoms with Crippen LogP contribution >= 0.6 is 23.8 Å². The molecule has 0 saturated heterocycles. The average Bonchev–Trinajstić information content (AvgIpc) is 2.91. The molecule has 0 aliphatic heterocycles. The molecule has 18 heavy (non-hydrogen) atoms. The summed E-state index contributed by atoms with van der Waals surface area (Å²) in [6.07, 6.45) is 5.12. The Bertz CT molecular complexity index is 636. The molecule has 1 N–H and O–H groups in total. The van der Waals surface area contributed by atoms with Gasteiger partial charge in [-0.1, -0.05) is 11.6 Å². The molecule has 0 amide bonds. The summed E-state index contributed by atoms with van der Waals surface area (Å²) in [6, 6.07) is 2.23. The number of hydrogen-bond acceptors (Lipinski definition) is 3. The molecular weight excluding hydrogens is 270 g/mol. The number of nitrogens with zero attached hydrogens (tertiary/aromatic N) is 2. The lowest BCUT2D eigenvalue weighted by atomic mass is 10.2. The Morgan fingerprint density at radius 2 is 2.39 bits per heavy atom. The zero-order valence-corrected chi connectivity index (χ0v) is 11.6. The van der Waals surface area contributed by atoms with Gasteiger partial charge in [-0.25, -0.2) is 4.98 Å². The molecule has 2 aromatic rings. The lowest BCUT2D eigenvalue weighted by Gasteiger charge is -2.12. The molecule has 1 fully saturated rings. The molecule has 0 bridgehead atoms. The van der Waals surface area contributed by atoms with E-state index in [9.17, 15) is 0 Å². The van der Waals surface area contributed by atoms with E-state index in [4.69, 9.17) is 28.6 Å². The van der Waals surface area contributed by atoms with Gasteiger partial charge in [0.15, 0.2) is 10.4 Å². The Kier molecular flexibility index (Phi) is 3.13. The van der Waals surface area contributed by atoms with Crippen molar-refractivity contribution < 1.29 is 4.74 Å². The van der Waals surface area contributed by atoms with Gasteiger partial charge in [0.1, 0.15) is 0 Å². The van der Waals surface area contributed by atoms with Crippen LogP contribution in [0.5, 0.6) is 0 Å². The maximum atomic E-state index is 5.94. The maximum absolute atomic E-state index is 5.94. The van der Waals surface area contributed by atoms with Gasteiger partial charge >= 0.3 is 0 Å². The Morgan fingerprint density at radius 3 is 3.11 bits per heavy atom. The highest BCUT2D eigenvalue weighted by atomic mass is 35.5. The van der Waals surface area contributed by atoms with Crippen molar-refractivity contribution in [3.63, 3.8) is 0 Å². The molecule has 0 aromatic carbocycles. The minimum absolute atomic E-state index is 0.328. The fourth-order valence-corrected chi connectivity index (χ4v) is 3.20. The molecule has 0 radical (unpaired) electrons. The standard InChI is InChI=1S/C12H14ClN3OS/c1-17-9-3-2-8(5-9)16-11-10(15-12(16)18)4-7(13)6-14-11/h4,6,8-9H,2-3,5H2,1H3,(H,15,18). The second kappa shape index (κ2) is 4.64. The quantitative estimate of drug-likeness (QED) is 0.858. The van der Waals surface area contributed by atoms with E-state index in [0.717, 1.165) is 30.4 Å². The van der Waals surface area contributed by atoms with E-state index in [1.165, 1.54) is 0 Å². The first kappa shape index (κ1) is 12.1. The van der Waals surface area contributed by atoms with Gasteiger partial charge < -0.3 is 9.72 Å². The van der Waals surface area contributed by atoms with Crippen LogP contribution in [-0.2, 0) is 4.74 Å². The number of hydrogen-bond donors (Lipinski definition) is 1. The Labute approximate surface area is 115 Å². The first-order valence-electron chi connectivity index (χ1n) is 5.97. The van der Waals surface area contributed by atoms with Crippen LogP contribution in [0.15, 0.2) is 12.3 Å². The molecule has 1 aliphatic rings. The first-order valence-corrected chi connectivity index (χ1v) is 6.76. The lowest BCUT2D eigenvalue weighted by Crippen LogP contribution is -2.09. The van der Waals surface area contributed by atoms with Crippen molar-refractivity contribution >= 4 is 35.0 Å². The summed E-state index contributed by atoms with van der Waals surface area (Å²) >= 11 is 11.3. The average molecular weight is 284 g/mol. The van der Waals surface area contributed by atoms with Crippen LogP contribution in [0.2, 0.25) is 5.02 Å². The maximum Gasteiger partial charge on any atom is 0.179 e. The highest BCUT2D eigenvalue weighted by Gasteiger charge is 2.27. The van der Waals surface area contributed by atoms with Crippen molar-refractivity contribution in [2.45, 2.75) is 31.4 Å². The van der Waals surface area contributed by atoms with Crippen LogP contribution in [0.4, 0.5) is 0 Å². The molecule has 4 nitrogen and oxygen atoms in total. The monoisotopic (exact) mass is 283 g/mol. The Morgan fingerprint density at radius 1 is 1.56 bits per heavy atom. The number of methoxy groups -OCH3 is 1. The second-order valence-corrected chi connectivity index (χ2v) is 5.47. The molecule has 0 spiro atoms. The molecule has 2 aromatic heterocycles. The highest BCUT2D eigenvalue weighted by molar-refractivity contribution is 7.71. The number of fused-ring (bicyclic) bond motifs is 1. The van der Waals surface area contributed by atoms with Gasteiger partial charge in [0, 0.05) is 19.3 Å². The molecule has 3 rings (SSSR count). The van der Waals surface area contributed by atoms with E-state index in [2.05, 4.69) is 14.5 Å². The van der Waals surface area contributed by atoms with Crippen molar-refractivity contribution in [1.29, 1.82) is 0 Å². The molecule has 96 valence electrons. The topological polar surface area (TPSA) is 42.8 Å². The summed E-state index contributed by atoms with van der Waals surface area (Å²) in [4.78, 5) is 7.56. The molecule has 2 atom stereocenters. The summed E-state index contributed by atoms with van der Waals surface area (Å²) in [5.41, 5.74) is 1.78. The lowest BCUT2D eigenvalue weighted by molar-refractivity contribution is 0.106. The van der Waals surface area contributed by atoms with Crippen LogP contribution in [0, 0.1) is 4.77 Å². The number of H-pyrrole nitrogens is 1. The van der Waals surface area contributed by atoms with Crippen LogP contribution in [0.3, 0.4) is 0 Å². The third kappa shape index (κ3) is 1.96. The molecule has 1 aliphatic carbocycles. The molecule has 2 heterocycles. The van der Waals surface area contributed by atoms with Crippen molar-refractivity contribution in [2.24, 2.45) is 0 Å². The molecular formula is C12H14ClN3OS. The predicted octanol–water partition coefficient (Wildman–Crippen LogP) is 3.49. The number of nitrogens with one attached hydrogen (secondary N) is 1. The van der Waals surface area contributed by atoms with Gasteiger partial charge in [-0.15, -0.1) is 0 Å². The predicted molar refractivity (Wildman–Crippen MR) is 73.6 cm³/mol. The van der Waals surface area contributed by atoms with Crippen molar-refractivity contribution in [2.75, 3.05) is 7.11 Å². The largest absolute Gasteiger partial charge is 0.381 e. The summed E-state index contributed by atoms with van der Waals surface area (Å²) in [6.45, 7) is 0. The number of aromatic amines is 1. The Balaban J connectivity index is 2.07. The van der Waals surface area contributed by atoms with Gasteiger partial charge in [-0.2, -0.15) is 0 Å². The van der Waals surface area contributed by atoms with Crippen LogP contribution in [0.1, 0.15) is 25.3 Å². The normalized spacial score (nSPS) is 23.9.